The average molecular weight is 418 g/mol. The summed E-state index contributed by atoms with van der Waals surface area (Å²) in [5.74, 6) is 0. The maximum atomic E-state index is 10.2. The van der Waals surface area contributed by atoms with Gasteiger partial charge in [-0.2, -0.15) is 0 Å². The first-order valence-corrected chi connectivity index (χ1v) is 10.5. The Bertz CT molecular complexity index is 943. The SMILES string of the molecule is OC1(c2ccc(CN[C@@H]3CCCc4c3[nH]c3ccc(Br)nc43)s2)CC1. The summed E-state index contributed by atoms with van der Waals surface area (Å²) in [7, 11) is 0. The third-order valence-corrected chi connectivity index (χ3v) is 7.10. The number of hydrogen-bond acceptors (Lipinski definition) is 4. The van der Waals surface area contributed by atoms with Gasteiger partial charge in [0.25, 0.3) is 0 Å². The van der Waals surface area contributed by atoms with Gasteiger partial charge >= 0.3 is 0 Å². The molecule has 1 saturated carbocycles. The number of halogens is 1. The number of aliphatic hydroxyl groups is 1. The van der Waals surface area contributed by atoms with Gasteiger partial charge in [0.1, 0.15) is 4.60 Å². The Balaban J connectivity index is 1.37. The second-order valence-electron chi connectivity index (χ2n) is 7.17. The molecule has 3 aromatic rings. The van der Waals surface area contributed by atoms with Crippen molar-refractivity contribution in [1.29, 1.82) is 0 Å². The number of aromatic amines is 1. The highest BCUT2D eigenvalue weighted by Gasteiger charge is 2.43. The van der Waals surface area contributed by atoms with Crippen molar-refractivity contribution in [3.05, 3.63) is 49.9 Å². The normalized spacial score (nSPS) is 21.4. The molecule has 6 heteroatoms. The number of thiophene rings is 1. The Kier molecular flexibility index (Phi) is 3.78. The van der Waals surface area contributed by atoms with E-state index >= 15 is 0 Å². The standard InChI is InChI=1S/C19H20BrN3OS/c20-16-7-5-14-18(23-16)12-2-1-3-13(17(12)22-14)21-10-11-4-6-15(25-11)19(24)8-9-19/h4-7,13,21-22,24H,1-3,8-10H2/t13-/m1/s1. The Morgan fingerprint density at radius 1 is 1.32 bits per heavy atom. The van der Waals surface area contributed by atoms with Crippen LogP contribution in [0.15, 0.2) is 28.9 Å². The number of nitrogens with zero attached hydrogens (tertiary/aromatic N) is 1. The van der Waals surface area contributed by atoms with E-state index in [0.29, 0.717) is 6.04 Å². The first-order valence-electron chi connectivity index (χ1n) is 8.84. The molecule has 0 radical (unpaired) electrons. The van der Waals surface area contributed by atoms with Gasteiger partial charge in [-0.25, -0.2) is 4.98 Å². The Hall–Kier alpha value is -1.21. The van der Waals surface area contributed by atoms with Crippen LogP contribution in [-0.4, -0.2) is 15.1 Å². The molecule has 3 aromatic heterocycles. The fourth-order valence-corrected chi connectivity index (χ4v) is 5.22. The second kappa shape index (κ2) is 5.91. The number of nitrogens with one attached hydrogen (secondary N) is 2. The fraction of sp³-hybridized carbons (Fsp3) is 0.421. The Labute approximate surface area is 158 Å². The summed E-state index contributed by atoms with van der Waals surface area (Å²) in [5, 5.41) is 14.0. The molecular formula is C19H20BrN3OS. The molecule has 1 atom stereocenters. The molecule has 0 aliphatic heterocycles. The lowest BCUT2D eigenvalue weighted by molar-refractivity contribution is 0.155. The number of rotatable bonds is 4. The summed E-state index contributed by atoms with van der Waals surface area (Å²) in [6.07, 6.45) is 5.23. The highest BCUT2D eigenvalue weighted by molar-refractivity contribution is 9.10. The van der Waals surface area contributed by atoms with E-state index in [1.807, 2.05) is 6.07 Å². The largest absolute Gasteiger partial charge is 0.384 e. The monoisotopic (exact) mass is 417 g/mol. The molecule has 2 aliphatic carbocycles. The molecule has 0 spiro atoms. The molecule has 3 heterocycles. The minimum atomic E-state index is -0.517. The Morgan fingerprint density at radius 3 is 3.04 bits per heavy atom. The van der Waals surface area contributed by atoms with Gasteiger partial charge in [0.05, 0.1) is 16.6 Å². The van der Waals surface area contributed by atoms with Crippen LogP contribution in [0.3, 0.4) is 0 Å². The van der Waals surface area contributed by atoms with E-state index in [2.05, 4.69) is 49.4 Å². The third kappa shape index (κ3) is 2.85. The van der Waals surface area contributed by atoms with E-state index in [9.17, 15) is 5.11 Å². The van der Waals surface area contributed by atoms with Crippen LogP contribution in [0, 0.1) is 0 Å². The summed E-state index contributed by atoms with van der Waals surface area (Å²) in [6, 6.07) is 8.67. The summed E-state index contributed by atoms with van der Waals surface area (Å²) in [5.41, 5.74) is 4.36. The quantitative estimate of drug-likeness (QED) is 0.546. The lowest BCUT2D eigenvalue weighted by Crippen LogP contribution is -2.24. The molecule has 0 saturated heterocycles. The molecule has 4 nitrogen and oxygen atoms in total. The second-order valence-corrected chi connectivity index (χ2v) is 9.15. The number of aromatic nitrogens is 2. The molecule has 3 N–H and O–H groups in total. The highest BCUT2D eigenvalue weighted by Crippen LogP contribution is 2.47. The molecular weight excluding hydrogens is 398 g/mol. The van der Waals surface area contributed by atoms with Crippen LogP contribution in [0.4, 0.5) is 0 Å². The maximum Gasteiger partial charge on any atom is 0.106 e. The van der Waals surface area contributed by atoms with Crippen LogP contribution in [0.25, 0.3) is 11.0 Å². The summed E-state index contributed by atoms with van der Waals surface area (Å²) >= 11 is 5.22. The van der Waals surface area contributed by atoms with Gasteiger partial charge in [0.15, 0.2) is 0 Å². The van der Waals surface area contributed by atoms with Gasteiger partial charge in [-0.3, -0.25) is 0 Å². The van der Waals surface area contributed by atoms with Crippen molar-refractivity contribution in [3.8, 4) is 0 Å². The van der Waals surface area contributed by atoms with Gasteiger partial charge in [0.2, 0.25) is 0 Å². The average Bonchev–Trinajstić information content (AvgIpc) is 3.06. The van der Waals surface area contributed by atoms with Crippen molar-refractivity contribution < 1.29 is 5.11 Å². The van der Waals surface area contributed by atoms with E-state index in [1.165, 1.54) is 22.6 Å². The molecule has 0 amide bonds. The fourth-order valence-electron chi connectivity index (χ4n) is 3.81. The number of aryl methyl sites for hydroxylation is 1. The van der Waals surface area contributed by atoms with E-state index in [-0.39, 0.29) is 0 Å². The molecule has 2 aliphatic rings. The van der Waals surface area contributed by atoms with Crippen LogP contribution in [0.1, 0.15) is 52.7 Å². The number of hydrogen-bond donors (Lipinski definition) is 3. The molecule has 0 aromatic carbocycles. The number of fused-ring (bicyclic) bond motifs is 3. The van der Waals surface area contributed by atoms with Gasteiger partial charge < -0.3 is 15.4 Å². The predicted molar refractivity (Wildman–Crippen MR) is 104 cm³/mol. The summed E-state index contributed by atoms with van der Waals surface area (Å²) in [4.78, 5) is 10.7. The molecule has 0 unspecified atom stereocenters. The van der Waals surface area contributed by atoms with Gasteiger partial charge in [0, 0.05) is 33.6 Å². The van der Waals surface area contributed by atoms with Crippen molar-refractivity contribution in [1.82, 2.24) is 15.3 Å². The van der Waals surface area contributed by atoms with Crippen molar-refractivity contribution in [3.63, 3.8) is 0 Å². The lowest BCUT2D eigenvalue weighted by Gasteiger charge is -2.23. The zero-order valence-electron chi connectivity index (χ0n) is 13.8. The zero-order chi connectivity index (χ0) is 17.0. The molecule has 5 rings (SSSR count). The third-order valence-electron chi connectivity index (χ3n) is 5.38. The van der Waals surface area contributed by atoms with Crippen LogP contribution in [0.2, 0.25) is 0 Å². The Morgan fingerprint density at radius 2 is 2.20 bits per heavy atom. The van der Waals surface area contributed by atoms with Crippen LogP contribution >= 0.6 is 27.3 Å². The number of H-pyrrole nitrogens is 1. The van der Waals surface area contributed by atoms with E-state index in [0.717, 1.165) is 52.7 Å². The predicted octanol–water partition coefficient (Wildman–Crippen LogP) is 4.54. The van der Waals surface area contributed by atoms with Crippen LogP contribution in [-0.2, 0) is 18.6 Å². The molecule has 0 bridgehead atoms. The topological polar surface area (TPSA) is 60.9 Å². The van der Waals surface area contributed by atoms with Crippen molar-refractivity contribution >= 4 is 38.3 Å². The first kappa shape index (κ1) is 16.0. The minimum Gasteiger partial charge on any atom is -0.384 e. The first-order chi connectivity index (χ1) is 12.1. The maximum absolute atomic E-state index is 10.2. The summed E-state index contributed by atoms with van der Waals surface area (Å²) in [6.45, 7) is 0.845. The molecule has 25 heavy (non-hydrogen) atoms. The van der Waals surface area contributed by atoms with E-state index in [1.54, 1.807) is 11.3 Å². The highest BCUT2D eigenvalue weighted by atomic mass is 79.9. The van der Waals surface area contributed by atoms with Gasteiger partial charge in [-0.15, -0.1) is 11.3 Å². The smallest absolute Gasteiger partial charge is 0.106 e. The van der Waals surface area contributed by atoms with Gasteiger partial charge in [-0.05, 0) is 72.3 Å². The molecule has 130 valence electrons. The van der Waals surface area contributed by atoms with E-state index < -0.39 is 5.60 Å². The minimum absolute atomic E-state index is 0.339. The number of pyridine rings is 1. The zero-order valence-corrected chi connectivity index (χ0v) is 16.2. The summed E-state index contributed by atoms with van der Waals surface area (Å²) < 4.78 is 0.890. The van der Waals surface area contributed by atoms with Crippen LogP contribution in [0.5, 0.6) is 0 Å². The van der Waals surface area contributed by atoms with E-state index in [4.69, 9.17) is 0 Å². The van der Waals surface area contributed by atoms with Crippen molar-refractivity contribution in [2.45, 2.75) is 50.3 Å². The lowest BCUT2D eigenvalue weighted by atomic mass is 9.93. The molecule has 1 fully saturated rings. The van der Waals surface area contributed by atoms with Crippen molar-refractivity contribution in [2.75, 3.05) is 0 Å². The van der Waals surface area contributed by atoms with Gasteiger partial charge in [-0.1, -0.05) is 0 Å². The van der Waals surface area contributed by atoms with Crippen molar-refractivity contribution in [2.24, 2.45) is 0 Å². The van der Waals surface area contributed by atoms with Crippen LogP contribution < -0.4 is 5.32 Å².